The summed E-state index contributed by atoms with van der Waals surface area (Å²) < 4.78 is 0. The van der Waals surface area contributed by atoms with E-state index in [9.17, 15) is 9.59 Å². The summed E-state index contributed by atoms with van der Waals surface area (Å²) >= 11 is 0. The van der Waals surface area contributed by atoms with Gasteiger partial charge in [0.15, 0.2) is 0 Å². The predicted octanol–water partition coefficient (Wildman–Crippen LogP) is 0.509. The zero-order valence-corrected chi connectivity index (χ0v) is 9.35. The van der Waals surface area contributed by atoms with E-state index in [4.69, 9.17) is 10.8 Å². The minimum Gasteiger partial charge on any atom is -0.480 e. The topological polar surface area (TPSA) is 83.6 Å². The second-order valence-electron chi connectivity index (χ2n) is 4.04. The lowest BCUT2D eigenvalue weighted by Crippen LogP contribution is -2.39. The smallest absolute Gasteiger partial charge is 0.323 e. The maximum absolute atomic E-state index is 11.7. The van der Waals surface area contributed by atoms with Crippen LogP contribution in [0.5, 0.6) is 0 Å². The van der Waals surface area contributed by atoms with Crippen LogP contribution in [0.4, 0.5) is 5.69 Å². The van der Waals surface area contributed by atoms with Crippen LogP contribution < -0.4 is 10.6 Å². The molecule has 1 heterocycles. The molecule has 1 aliphatic rings. The number of carboxylic acid groups (broad SMARTS) is 1. The molecule has 1 aromatic rings. The minimum atomic E-state index is -1.01. The molecule has 2 rings (SSSR count). The molecular weight excluding hydrogens is 220 g/mol. The third-order valence-electron chi connectivity index (χ3n) is 2.87. The average molecular weight is 234 g/mol. The highest BCUT2D eigenvalue weighted by Crippen LogP contribution is 2.28. The Hall–Kier alpha value is -1.88. The summed E-state index contributed by atoms with van der Waals surface area (Å²) in [7, 11) is 0. The number of aryl methyl sites for hydroxylation is 1. The first-order chi connectivity index (χ1) is 8.11. The molecule has 0 unspecified atom stereocenters. The van der Waals surface area contributed by atoms with Gasteiger partial charge in [0, 0.05) is 18.7 Å². The Bertz CT molecular complexity index is 471. The fraction of sp³-hybridized carbons (Fsp3) is 0.333. The molecule has 3 N–H and O–H groups in total. The van der Waals surface area contributed by atoms with E-state index in [0.29, 0.717) is 25.1 Å². The van der Waals surface area contributed by atoms with Gasteiger partial charge < -0.3 is 15.7 Å². The van der Waals surface area contributed by atoms with Crippen molar-refractivity contribution >= 4 is 17.6 Å². The maximum atomic E-state index is 11.7. The zero-order chi connectivity index (χ0) is 12.4. The van der Waals surface area contributed by atoms with Gasteiger partial charge in [0.2, 0.25) is 5.91 Å². The third kappa shape index (κ3) is 2.29. The lowest BCUT2D eigenvalue weighted by Gasteiger charge is -2.28. The van der Waals surface area contributed by atoms with Crippen molar-refractivity contribution in [2.75, 3.05) is 11.4 Å². The molecule has 1 aliphatic heterocycles. The van der Waals surface area contributed by atoms with E-state index in [1.807, 2.05) is 12.1 Å². The van der Waals surface area contributed by atoms with Crippen molar-refractivity contribution in [3.05, 3.63) is 29.3 Å². The number of carbonyl (C=O) groups is 2. The fourth-order valence-electron chi connectivity index (χ4n) is 2.05. The minimum absolute atomic E-state index is 0.139. The molecule has 0 bridgehead atoms. The molecule has 90 valence electrons. The molecule has 0 saturated carbocycles. The third-order valence-corrected chi connectivity index (χ3v) is 2.87. The summed E-state index contributed by atoms with van der Waals surface area (Å²) in [5.74, 6) is -1.14. The van der Waals surface area contributed by atoms with Gasteiger partial charge in [-0.25, -0.2) is 0 Å². The van der Waals surface area contributed by atoms with Gasteiger partial charge in [0.05, 0.1) is 0 Å². The SMILES string of the molecule is NCc1ccc2c(c1)CCC(=O)N2CC(=O)O. The van der Waals surface area contributed by atoms with Gasteiger partial charge in [-0.3, -0.25) is 9.59 Å². The van der Waals surface area contributed by atoms with E-state index < -0.39 is 5.97 Å². The van der Waals surface area contributed by atoms with Gasteiger partial charge in [0.1, 0.15) is 6.54 Å². The number of nitrogens with two attached hydrogens (primary N) is 1. The number of hydrogen-bond acceptors (Lipinski definition) is 3. The van der Waals surface area contributed by atoms with Crippen molar-refractivity contribution in [2.24, 2.45) is 5.73 Å². The molecule has 0 atom stereocenters. The molecular formula is C12H14N2O3. The number of rotatable bonds is 3. The predicted molar refractivity (Wildman–Crippen MR) is 62.6 cm³/mol. The van der Waals surface area contributed by atoms with Gasteiger partial charge in [-0.2, -0.15) is 0 Å². The summed E-state index contributed by atoms with van der Waals surface area (Å²) in [4.78, 5) is 23.7. The summed E-state index contributed by atoms with van der Waals surface area (Å²) in [6.45, 7) is 0.161. The number of benzene rings is 1. The zero-order valence-electron chi connectivity index (χ0n) is 9.35. The quantitative estimate of drug-likeness (QED) is 0.798. The molecule has 0 fully saturated rings. The second-order valence-corrected chi connectivity index (χ2v) is 4.04. The largest absolute Gasteiger partial charge is 0.480 e. The molecule has 0 radical (unpaired) electrons. The number of carboxylic acids is 1. The number of anilines is 1. The number of nitrogens with zero attached hydrogens (tertiary/aromatic N) is 1. The Morgan fingerprint density at radius 1 is 1.41 bits per heavy atom. The van der Waals surface area contributed by atoms with Crippen LogP contribution in [0.3, 0.4) is 0 Å². The van der Waals surface area contributed by atoms with Crippen LogP contribution in [0, 0.1) is 0 Å². The number of carbonyl (C=O) groups excluding carboxylic acids is 1. The Balaban J connectivity index is 2.37. The van der Waals surface area contributed by atoms with E-state index >= 15 is 0 Å². The maximum Gasteiger partial charge on any atom is 0.323 e. The fourth-order valence-corrected chi connectivity index (χ4v) is 2.05. The first kappa shape index (κ1) is 11.6. The summed E-state index contributed by atoms with van der Waals surface area (Å²) in [5.41, 5.74) is 8.23. The molecule has 0 aromatic heterocycles. The van der Waals surface area contributed by atoms with Crippen molar-refractivity contribution in [1.82, 2.24) is 0 Å². The van der Waals surface area contributed by atoms with E-state index in [1.165, 1.54) is 4.90 Å². The first-order valence-corrected chi connectivity index (χ1v) is 5.46. The highest BCUT2D eigenvalue weighted by Gasteiger charge is 2.25. The van der Waals surface area contributed by atoms with E-state index in [1.54, 1.807) is 6.07 Å². The summed E-state index contributed by atoms with van der Waals surface area (Å²) in [5, 5.41) is 8.80. The van der Waals surface area contributed by atoms with Gasteiger partial charge >= 0.3 is 5.97 Å². The number of aliphatic carboxylic acids is 1. The van der Waals surface area contributed by atoms with E-state index in [-0.39, 0.29) is 12.5 Å². The van der Waals surface area contributed by atoms with Crippen molar-refractivity contribution in [1.29, 1.82) is 0 Å². The Morgan fingerprint density at radius 3 is 2.82 bits per heavy atom. The molecule has 5 nitrogen and oxygen atoms in total. The molecule has 1 amide bonds. The van der Waals surface area contributed by atoms with Crippen LogP contribution in [0.1, 0.15) is 17.5 Å². The monoisotopic (exact) mass is 234 g/mol. The summed E-state index contributed by atoms with van der Waals surface area (Å²) in [6.07, 6.45) is 1.01. The Labute approximate surface area is 98.8 Å². The second kappa shape index (κ2) is 4.55. The summed E-state index contributed by atoms with van der Waals surface area (Å²) in [6, 6.07) is 5.54. The molecule has 1 aromatic carbocycles. The Morgan fingerprint density at radius 2 is 2.18 bits per heavy atom. The van der Waals surface area contributed by atoms with Crippen molar-refractivity contribution in [3.8, 4) is 0 Å². The van der Waals surface area contributed by atoms with Crippen LogP contribution in [0.2, 0.25) is 0 Å². The average Bonchev–Trinajstić information content (AvgIpc) is 2.32. The molecule has 0 aliphatic carbocycles. The molecule has 17 heavy (non-hydrogen) atoms. The number of hydrogen-bond donors (Lipinski definition) is 2. The lowest BCUT2D eigenvalue weighted by atomic mass is 9.98. The number of fused-ring (bicyclic) bond motifs is 1. The van der Waals surface area contributed by atoms with E-state index in [0.717, 1.165) is 11.1 Å². The van der Waals surface area contributed by atoms with Crippen molar-refractivity contribution in [2.45, 2.75) is 19.4 Å². The standard InChI is InChI=1S/C12H14N2O3/c13-6-8-1-3-10-9(5-8)2-4-11(15)14(10)7-12(16)17/h1,3,5H,2,4,6-7,13H2,(H,16,17). The molecule has 0 saturated heterocycles. The Kier molecular flexibility index (Phi) is 3.10. The highest BCUT2D eigenvalue weighted by molar-refractivity contribution is 5.99. The molecule has 5 heteroatoms. The van der Waals surface area contributed by atoms with Gasteiger partial charge in [0.25, 0.3) is 0 Å². The van der Waals surface area contributed by atoms with Crippen molar-refractivity contribution in [3.63, 3.8) is 0 Å². The number of amides is 1. The first-order valence-electron chi connectivity index (χ1n) is 5.46. The van der Waals surface area contributed by atoms with Crippen LogP contribution in [-0.2, 0) is 22.6 Å². The molecule has 0 spiro atoms. The lowest BCUT2D eigenvalue weighted by molar-refractivity contribution is -0.136. The normalized spacial score (nSPS) is 14.6. The van der Waals surface area contributed by atoms with Crippen LogP contribution >= 0.6 is 0 Å². The van der Waals surface area contributed by atoms with Gasteiger partial charge in [-0.1, -0.05) is 12.1 Å². The van der Waals surface area contributed by atoms with Gasteiger partial charge in [-0.15, -0.1) is 0 Å². The van der Waals surface area contributed by atoms with Crippen LogP contribution in [0.25, 0.3) is 0 Å². The van der Waals surface area contributed by atoms with Gasteiger partial charge in [-0.05, 0) is 23.6 Å². The van der Waals surface area contributed by atoms with Crippen molar-refractivity contribution < 1.29 is 14.7 Å². The van der Waals surface area contributed by atoms with E-state index in [2.05, 4.69) is 0 Å². The van der Waals surface area contributed by atoms with Crippen LogP contribution in [0.15, 0.2) is 18.2 Å². The highest BCUT2D eigenvalue weighted by atomic mass is 16.4. The van der Waals surface area contributed by atoms with Crippen LogP contribution in [-0.4, -0.2) is 23.5 Å².